The summed E-state index contributed by atoms with van der Waals surface area (Å²) in [6.07, 6.45) is 0. The first-order chi connectivity index (χ1) is 12.4. The van der Waals surface area contributed by atoms with E-state index in [1.165, 1.54) is 11.3 Å². The second-order valence-corrected chi connectivity index (χ2v) is 7.08. The van der Waals surface area contributed by atoms with Crippen molar-refractivity contribution in [3.63, 3.8) is 0 Å². The Morgan fingerprint density at radius 2 is 1.92 bits per heavy atom. The Morgan fingerprint density at radius 1 is 1.12 bits per heavy atom. The molecule has 0 aliphatic carbocycles. The van der Waals surface area contributed by atoms with E-state index in [0.29, 0.717) is 24.7 Å². The Kier molecular flexibility index (Phi) is 5.32. The summed E-state index contributed by atoms with van der Waals surface area (Å²) >= 11 is 1.45. The first-order valence-corrected chi connectivity index (χ1v) is 9.27. The minimum absolute atomic E-state index is 0.0490. The van der Waals surface area contributed by atoms with Crippen LogP contribution in [-0.4, -0.2) is 38.7 Å². The number of thiophene rings is 1. The van der Waals surface area contributed by atoms with E-state index in [-0.39, 0.29) is 5.91 Å². The van der Waals surface area contributed by atoms with Crippen LogP contribution in [-0.2, 0) is 0 Å². The third kappa shape index (κ3) is 4.26. The van der Waals surface area contributed by atoms with Gasteiger partial charge in [-0.05, 0) is 50.8 Å². The lowest BCUT2D eigenvalue weighted by Crippen LogP contribution is -2.28. The number of aryl methyl sites for hydroxylation is 4. The first-order valence-electron chi connectivity index (χ1n) is 8.39. The molecule has 3 aromatic rings. The highest BCUT2D eigenvalue weighted by atomic mass is 32.1. The van der Waals surface area contributed by atoms with Crippen LogP contribution in [0, 0.1) is 27.7 Å². The molecule has 7 nitrogen and oxygen atoms in total. The van der Waals surface area contributed by atoms with Crippen molar-refractivity contribution in [2.75, 3.05) is 18.4 Å². The molecule has 0 saturated carbocycles. The van der Waals surface area contributed by atoms with Gasteiger partial charge in [-0.25, -0.2) is 14.6 Å². The van der Waals surface area contributed by atoms with Crippen LogP contribution in [0.3, 0.4) is 0 Å². The SMILES string of the molecule is Cc1csc(C(=O)NCCNc2cc(-n3nc(C)cc3C)nc(C)n2)c1. The minimum Gasteiger partial charge on any atom is -0.368 e. The third-order valence-electron chi connectivity index (χ3n) is 3.72. The van der Waals surface area contributed by atoms with Crippen LogP contribution in [0.2, 0.25) is 0 Å². The molecule has 1 amide bonds. The fourth-order valence-electron chi connectivity index (χ4n) is 2.62. The Hall–Kier alpha value is -2.74. The highest BCUT2D eigenvalue weighted by Gasteiger charge is 2.09. The number of amides is 1. The maximum atomic E-state index is 12.0. The lowest BCUT2D eigenvalue weighted by molar-refractivity contribution is 0.0959. The summed E-state index contributed by atoms with van der Waals surface area (Å²) in [5.74, 6) is 2.05. The molecule has 0 radical (unpaired) electrons. The quantitative estimate of drug-likeness (QED) is 0.652. The van der Waals surface area contributed by atoms with Gasteiger partial charge in [0, 0.05) is 24.8 Å². The molecule has 136 valence electrons. The van der Waals surface area contributed by atoms with Crippen molar-refractivity contribution in [2.45, 2.75) is 27.7 Å². The Morgan fingerprint density at radius 3 is 2.58 bits per heavy atom. The highest BCUT2D eigenvalue weighted by Crippen LogP contribution is 2.14. The van der Waals surface area contributed by atoms with Crippen molar-refractivity contribution < 1.29 is 4.79 Å². The topological polar surface area (TPSA) is 84.7 Å². The van der Waals surface area contributed by atoms with Crippen molar-refractivity contribution in [2.24, 2.45) is 0 Å². The molecule has 8 heteroatoms. The van der Waals surface area contributed by atoms with Gasteiger partial charge in [0.05, 0.1) is 10.6 Å². The average molecular weight is 370 g/mol. The summed E-state index contributed by atoms with van der Waals surface area (Å²) in [6.45, 7) is 8.85. The number of carbonyl (C=O) groups is 1. The number of anilines is 1. The second-order valence-electron chi connectivity index (χ2n) is 6.17. The van der Waals surface area contributed by atoms with E-state index in [4.69, 9.17) is 0 Å². The van der Waals surface area contributed by atoms with Gasteiger partial charge in [-0.15, -0.1) is 11.3 Å². The first kappa shape index (κ1) is 18.1. The number of hydrogen-bond donors (Lipinski definition) is 2. The number of carbonyl (C=O) groups excluding carboxylic acids is 1. The Balaban J connectivity index is 1.60. The molecule has 0 unspecified atom stereocenters. The molecule has 0 aromatic carbocycles. The van der Waals surface area contributed by atoms with E-state index < -0.39 is 0 Å². The van der Waals surface area contributed by atoms with Gasteiger partial charge in [0.15, 0.2) is 5.82 Å². The number of aromatic nitrogens is 4. The van der Waals surface area contributed by atoms with E-state index in [1.54, 1.807) is 4.68 Å². The monoisotopic (exact) mass is 370 g/mol. The summed E-state index contributed by atoms with van der Waals surface area (Å²) in [5.41, 5.74) is 3.07. The summed E-state index contributed by atoms with van der Waals surface area (Å²) in [7, 11) is 0. The zero-order chi connectivity index (χ0) is 18.7. The van der Waals surface area contributed by atoms with Crippen LogP contribution in [0.25, 0.3) is 5.82 Å². The number of rotatable bonds is 6. The van der Waals surface area contributed by atoms with Crippen molar-refractivity contribution >= 4 is 23.1 Å². The zero-order valence-corrected chi connectivity index (χ0v) is 16.1. The summed E-state index contributed by atoms with van der Waals surface area (Å²) in [4.78, 5) is 21.6. The van der Waals surface area contributed by atoms with Crippen molar-refractivity contribution in [3.8, 4) is 5.82 Å². The molecule has 3 rings (SSSR count). The fourth-order valence-corrected chi connectivity index (χ4v) is 3.43. The Labute approximate surface area is 156 Å². The van der Waals surface area contributed by atoms with E-state index in [0.717, 1.165) is 27.6 Å². The van der Waals surface area contributed by atoms with Gasteiger partial charge < -0.3 is 10.6 Å². The molecule has 0 fully saturated rings. The van der Waals surface area contributed by atoms with Gasteiger partial charge in [0.25, 0.3) is 5.91 Å². The maximum Gasteiger partial charge on any atom is 0.261 e. The van der Waals surface area contributed by atoms with E-state index in [9.17, 15) is 4.79 Å². The summed E-state index contributed by atoms with van der Waals surface area (Å²) in [6, 6.07) is 5.76. The molecule has 0 saturated heterocycles. The second kappa shape index (κ2) is 7.65. The standard InChI is InChI=1S/C18H22N6OS/c1-11-7-15(26-10-11)18(25)20-6-5-19-16-9-17(22-14(4)21-16)24-13(3)8-12(2)23-24/h7-10H,5-6H2,1-4H3,(H,20,25)(H,19,21,22). The predicted octanol–water partition coefficient (Wildman–Crippen LogP) is 2.80. The van der Waals surface area contributed by atoms with Crippen LogP contribution in [0.4, 0.5) is 5.82 Å². The van der Waals surface area contributed by atoms with Gasteiger partial charge in [0.2, 0.25) is 0 Å². The minimum atomic E-state index is -0.0490. The Bertz CT molecular complexity index is 930. The molecular weight excluding hydrogens is 348 g/mol. The maximum absolute atomic E-state index is 12.0. The van der Waals surface area contributed by atoms with Crippen LogP contribution >= 0.6 is 11.3 Å². The molecule has 2 N–H and O–H groups in total. The van der Waals surface area contributed by atoms with E-state index >= 15 is 0 Å². The van der Waals surface area contributed by atoms with Crippen molar-refractivity contribution in [1.82, 2.24) is 25.1 Å². The number of hydrogen-bond acceptors (Lipinski definition) is 6. The number of nitrogens with zero attached hydrogens (tertiary/aromatic N) is 4. The smallest absolute Gasteiger partial charge is 0.261 e. The molecule has 3 aromatic heterocycles. The third-order valence-corrected chi connectivity index (χ3v) is 4.77. The molecule has 0 aliphatic rings. The fraction of sp³-hybridized carbons (Fsp3) is 0.333. The molecule has 0 bridgehead atoms. The average Bonchev–Trinajstić information content (AvgIpc) is 3.16. The van der Waals surface area contributed by atoms with Gasteiger partial charge in [0.1, 0.15) is 11.6 Å². The van der Waals surface area contributed by atoms with Crippen molar-refractivity contribution in [1.29, 1.82) is 0 Å². The van der Waals surface area contributed by atoms with Gasteiger partial charge in [-0.1, -0.05) is 0 Å². The molecular formula is C18H22N6OS. The molecule has 26 heavy (non-hydrogen) atoms. The largest absolute Gasteiger partial charge is 0.368 e. The molecule has 3 heterocycles. The van der Waals surface area contributed by atoms with Gasteiger partial charge in [-0.3, -0.25) is 4.79 Å². The lowest BCUT2D eigenvalue weighted by Gasteiger charge is -2.10. The molecule has 0 aliphatic heterocycles. The normalized spacial score (nSPS) is 10.8. The van der Waals surface area contributed by atoms with Crippen LogP contribution < -0.4 is 10.6 Å². The van der Waals surface area contributed by atoms with E-state index in [1.807, 2.05) is 51.3 Å². The number of nitrogens with one attached hydrogen (secondary N) is 2. The summed E-state index contributed by atoms with van der Waals surface area (Å²) in [5, 5.41) is 12.6. The molecule has 0 atom stereocenters. The predicted molar refractivity (Wildman–Crippen MR) is 103 cm³/mol. The summed E-state index contributed by atoms with van der Waals surface area (Å²) < 4.78 is 1.80. The van der Waals surface area contributed by atoms with E-state index in [2.05, 4.69) is 25.7 Å². The lowest BCUT2D eigenvalue weighted by atomic mass is 10.3. The van der Waals surface area contributed by atoms with Gasteiger partial charge in [-0.2, -0.15) is 5.10 Å². The van der Waals surface area contributed by atoms with Crippen molar-refractivity contribution in [3.05, 3.63) is 51.2 Å². The zero-order valence-electron chi connectivity index (χ0n) is 15.3. The highest BCUT2D eigenvalue weighted by molar-refractivity contribution is 7.12. The molecule has 0 spiro atoms. The van der Waals surface area contributed by atoms with Crippen LogP contribution in [0.1, 0.15) is 32.4 Å². The van der Waals surface area contributed by atoms with Crippen LogP contribution in [0.15, 0.2) is 23.6 Å². The van der Waals surface area contributed by atoms with Crippen LogP contribution in [0.5, 0.6) is 0 Å². The van der Waals surface area contributed by atoms with Gasteiger partial charge >= 0.3 is 0 Å².